The van der Waals surface area contributed by atoms with Crippen LogP contribution in [0.4, 0.5) is 0 Å². The summed E-state index contributed by atoms with van der Waals surface area (Å²) in [7, 11) is 2.37. The highest BCUT2D eigenvalue weighted by Gasteiger charge is 2.95. The third-order valence-corrected chi connectivity index (χ3v) is 22.0. The zero-order valence-corrected chi connectivity index (χ0v) is 33.4. The molecular weight excluding hydrogens is 677 g/mol. The van der Waals surface area contributed by atoms with E-state index < -0.39 is 22.7 Å². The average Bonchev–Trinajstić information content (AvgIpc) is 3.56. The molecule has 4 heterocycles. The van der Waals surface area contributed by atoms with Crippen molar-refractivity contribution >= 4 is 5.97 Å². The monoisotopic (exact) mass is 740 g/mol. The summed E-state index contributed by atoms with van der Waals surface area (Å²) in [6.45, 7) is 16.0. The molecule has 54 heavy (non-hydrogen) atoms. The maximum atomic E-state index is 13.4. The van der Waals surface area contributed by atoms with Crippen LogP contribution in [0.2, 0.25) is 0 Å². The summed E-state index contributed by atoms with van der Waals surface area (Å²) >= 11 is 0. The number of likely N-dealkylation sites (tertiary alicyclic amines) is 1. The first kappa shape index (κ1) is 33.7. The number of allylic oxidation sites excluding steroid dienone is 1. The molecule has 8 heteroatoms. The highest BCUT2D eigenvalue weighted by Crippen LogP contribution is 2.89. The van der Waals surface area contributed by atoms with Crippen molar-refractivity contribution in [3.63, 3.8) is 0 Å². The average molecular weight is 741 g/mol. The van der Waals surface area contributed by atoms with Gasteiger partial charge < -0.3 is 29.7 Å². The van der Waals surface area contributed by atoms with Gasteiger partial charge in [0.1, 0.15) is 11.7 Å². The van der Waals surface area contributed by atoms with Crippen LogP contribution < -0.4 is 0 Å². The Morgan fingerprint density at radius 1 is 1.07 bits per heavy atom. The molecule has 294 valence electrons. The van der Waals surface area contributed by atoms with E-state index in [9.17, 15) is 20.1 Å². The van der Waals surface area contributed by atoms with Gasteiger partial charge in [0.05, 0.1) is 30.3 Å². The summed E-state index contributed by atoms with van der Waals surface area (Å²) in [5, 5.41) is 38.7. The number of hydrogen-bond donors (Lipinski definition) is 3. The highest BCUT2D eigenvalue weighted by molar-refractivity contribution is 5.72. The van der Waals surface area contributed by atoms with Crippen molar-refractivity contribution in [1.82, 2.24) is 9.80 Å². The Labute approximate surface area is 321 Å². The second-order valence-corrected chi connectivity index (χ2v) is 23.2. The molecule has 0 amide bonds. The van der Waals surface area contributed by atoms with E-state index in [-0.39, 0.29) is 69.0 Å². The molecule has 8 nitrogen and oxygen atoms in total. The second kappa shape index (κ2) is 9.44. The lowest BCUT2D eigenvalue weighted by Crippen LogP contribution is -2.76. The summed E-state index contributed by atoms with van der Waals surface area (Å²) in [5.74, 6) is 1.64. The van der Waals surface area contributed by atoms with E-state index in [0.29, 0.717) is 42.4 Å². The SMILES string of the molecule is C=C1C[C@@]23C[C@H]4[C@@H]5[C@@]6(C)C[C@H](OC(=O)C(C)CC)C[C@@]57[C@@H]2[C@H](OCC2=CC58CC[C@]9(O)[C@@]%10(C)CCC[C@@]9%11[C@@H]5CC2CC8[C@H]%11N(C)C%10)[C@@H]1[C@@H](O)[C@]3(O)[C@H]7N4C6. The van der Waals surface area contributed by atoms with Crippen LogP contribution in [0.25, 0.3) is 0 Å². The van der Waals surface area contributed by atoms with Crippen LogP contribution in [0.1, 0.15) is 105 Å². The molecule has 5 unspecified atom stereocenters. The molecule has 4 saturated heterocycles. The Morgan fingerprint density at radius 2 is 1.89 bits per heavy atom. The largest absolute Gasteiger partial charge is 0.462 e. The first-order chi connectivity index (χ1) is 25.6. The lowest BCUT2D eigenvalue weighted by atomic mass is 9.39. The molecule has 15 bridgehead atoms. The van der Waals surface area contributed by atoms with Gasteiger partial charge in [0.15, 0.2) is 0 Å². The molecule has 14 fully saturated rings. The van der Waals surface area contributed by atoms with Gasteiger partial charge in [0, 0.05) is 64.7 Å². The fourth-order valence-electron chi connectivity index (χ4n) is 21.2. The number of aliphatic hydroxyl groups is 3. The fourth-order valence-corrected chi connectivity index (χ4v) is 21.2. The summed E-state index contributed by atoms with van der Waals surface area (Å²) in [6, 6.07) is 0.739. The van der Waals surface area contributed by atoms with Gasteiger partial charge in [-0.3, -0.25) is 9.69 Å². The lowest BCUT2D eigenvalue weighted by molar-refractivity contribution is -0.287. The Kier molecular flexibility index (Phi) is 5.88. The van der Waals surface area contributed by atoms with E-state index in [0.717, 1.165) is 70.0 Å². The molecule has 16 rings (SSSR count). The van der Waals surface area contributed by atoms with Crippen molar-refractivity contribution < 1.29 is 29.6 Å². The van der Waals surface area contributed by atoms with E-state index >= 15 is 0 Å². The number of carbonyl (C=O) groups excluding carboxylic acids is 1. The molecule has 4 spiro atoms. The number of rotatable bonds is 6. The molecule has 0 aromatic carbocycles. The van der Waals surface area contributed by atoms with Crippen molar-refractivity contribution in [1.29, 1.82) is 0 Å². The number of piperidine rings is 3. The number of aliphatic hydroxyl groups excluding tert-OH is 1. The molecule has 3 N–H and O–H groups in total. The first-order valence-corrected chi connectivity index (χ1v) is 22.4. The number of esters is 1. The lowest BCUT2D eigenvalue weighted by Gasteiger charge is -2.71. The minimum atomic E-state index is -1.20. The minimum absolute atomic E-state index is 0.00000274. The molecule has 0 aromatic heterocycles. The summed E-state index contributed by atoms with van der Waals surface area (Å²) in [4.78, 5) is 18.7. The normalized spacial score (nSPS) is 65.5. The van der Waals surface area contributed by atoms with Gasteiger partial charge >= 0.3 is 5.97 Å². The number of hydrogen-bond acceptors (Lipinski definition) is 8. The zero-order valence-electron chi connectivity index (χ0n) is 33.4. The maximum Gasteiger partial charge on any atom is 0.308 e. The smallest absolute Gasteiger partial charge is 0.308 e. The quantitative estimate of drug-likeness (QED) is 0.256. The summed E-state index contributed by atoms with van der Waals surface area (Å²) in [5.41, 5.74) is 0.188. The number of ether oxygens (including phenoxy) is 2. The van der Waals surface area contributed by atoms with Gasteiger partial charge in [0.2, 0.25) is 0 Å². The molecule has 4 aliphatic heterocycles. The molecule has 16 aliphatic rings. The van der Waals surface area contributed by atoms with E-state index in [4.69, 9.17) is 9.47 Å². The zero-order chi connectivity index (χ0) is 37.1. The maximum absolute atomic E-state index is 13.4. The Balaban J connectivity index is 0.880. The number of nitrogens with zero attached hydrogens (tertiary/aromatic N) is 2. The van der Waals surface area contributed by atoms with Gasteiger partial charge in [-0.15, -0.1) is 0 Å². The molecule has 22 atom stereocenters. The van der Waals surface area contributed by atoms with Crippen LogP contribution in [0, 0.1) is 73.9 Å². The number of carbonyl (C=O) groups is 1. The van der Waals surface area contributed by atoms with Crippen molar-refractivity contribution in [2.45, 2.75) is 152 Å². The second-order valence-electron chi connectivity index (χ2n) is 23.2. The first-order valence-electron chi connectivity index (χ1n) is 22.4. The van der Waals surface area contributed by atoms with Crippen molar-refractivity contribution in [2.24, 2.45) is 73.9 Å². The Morgan fingerprint density at radius 3 is 2.69 bits per heavy atom. The van der Waals surface area contributed by atoms with E-state index in [2.05, 4.69) is 50.3 Å². The van der Waals surface area contributed by atoms with Gasteiger partial charge in [-0.1, -0.05) is 52.3 Å². The Bertz CT molecular complexity index is 1850. The van der Waals surface area contributed by atoms with Crippen LogP contribution in [-0.4, -0.2) is 105 Å². The highest BCUT2D eigenvalue weighted by atomic mass is 16.5. The summed E-state index contributed by atoms with van der Waals surface area (Å²) in [6.07, 6.45) is 13.5. The van der Waals surface area contributed by atoms with Crippen molar-refractivity contribution in [2.75, 3.05) is 26.7 Å². The molecule has 0 radical (unpaired) electrons. The molecule has 12 aliphatic carbocycles. The van der Waals surface area contributed by atoms with Crippen LogP contribution in [0.3, 0.4) is 0 Å². The van der Waals surface area contributed by atoms with E-state index in [1.807, 2.05) is 6.92 Å². The van der Waals surface area contributed by atoms with Crippen LogP contribution in [0.15, 0.2) is 23.8 Å². The van der Waals surface area contributed by atoms with Crippen molar-refractivity contribution in [3.8, 4) is 0 Å². The van der Waals surface area contributed by atoms with E-state index in [1.165, 1.54) is 31.3 Å². The minimum Gasteiger partial charge on any atom is -0.462 e. The standard InChI is InChI=1S/C46H64N2O6/c1-7-23(2)37(50)54-27-17-39(4)21-48-29-19-42-15-24(3)31-32(34(42)43(18-27,33(29)39)38(48)46(42,52)36(31)49)53-20-26-16-41-11-12-45(51)40(5)9-8-10-44(45)30(41)14-25(26)13-28(41)35(44)47(6)22-40/h16,23,25,27-36,38,49,51-52H,3,7-15,17-22H2,1-2,4-6H3/t23?,25?,27-,28?,29-,30+,31+,32+,33+,34+,35+,36+,38-,39-,40-,41?,42+,43-,44-,45-,46-/m0/s1. The fraction of sp³-hybridized carbons (Fsp3) is 0.891. The predicted molar refractivity (Wildman–Crippen MR) is 201 cm³/mol. The molecule has 0 aromatic rings. The van der Waals surface area contributed by atoms with Crippen LogP contribution in [-0.2, 0) is 14.3 Å². The van der Waals surface area contributed by atoms with Crippen molar-refractivity contribution in [3.05, 3.63) is 23.8 Å². The van der Waals surface area contributed by atoms with Gasteiger partial charge in [0.25, 0.3) is 0 Å². The number of fused-ring (bicyclic) bond motifs is 1. The summed E-state index contributed by atoms with van der Waals surface area (Å²) < 4.78 is 13.9. The topological polar surface area (TPSA) is 103 Å². The Hall–Kier alpha value is -1.29. The third kappa shape index (κ3) is 2.99. The van der Waals surface area contributed by atoms with E-state index in [1.54, 1.807) is 0 Å². The van der Waals surface area contributed by atoms with Gasteiger partial charge in [-0.25, -0.2) is 0 Å². The van der Waals surface area contributed by atoms with Gasteiger partial charge in [-0.05, 0) is 118 Å². The molecule has 10 saturated carbocycles. The molecular formula is C46H64N2O6. The predicted octanol–water partition coefficient (Wildman–Crippen LogP) is 5.10. The third-order valence-electron chi connectivity index (χ3n) is 22.0. The van der Waals surface area contributed by atoms with Gasteiger partial charge in [-0.2, -0.15) is 0 Å². The van der Waals surface area contributed by atoms with Crippen LogP contribution >= 0.6 is 0 Å². The van der Waals surface area contributed by atoms with Crippen LogP contribution in [0.5, 0.6) is 0 Å².